The number of carbonyl (C=O) groups is 1. The smallest absolute Gasteiger partial charge is 0.231 e. The van der Waals surface area contributed by atoms with E-state index in [1.54, 1.807) is 4.68 Å². The fourth-order valence-electron chi connectivity index (χ4n) is 3.29. The number of aromatic nitrogens is 4. The second-order valence-corrected chi connectivity index (χ2v) is 6.85. The highest BCUT2D eigenvalue weighted by molar-refractivity contribution is 5.76. The van der Waals surface area contributed by atoms with E-state index in [9.17, 15) is 4.79 Å². The lowest BCUT2D eigenvalue weighted by Gasteiger charge is -2.31. The van der Waals surface area contributed by atoms with Crippen molar-refractivity contribution >= 4 is 5.91 Å². The normalized spacial score (nSPS) is 17.8. The fraction of sp³-hybridized carbons (Fsp3) is 0.667. The van der Waals surface area contributed by atoms with Gasteiger partial charge in [0.2, 0.25) is 11.8 Å². The molecular formula is C18H27N5O2. The Bertz CT molecular complexity index is 693. The Labute approximate surface area is 148 Å². The van der Waals surface area contributed by atoms with Crippen molar-refractivity contribution in [2.75, 3.05) is 13.1 Å². The summed E-state index contributed by atoms with van der Waals surface area (Å²) in [6.45, 7) is 3.65. The van der Waals surface area contributed by atoms with Crippen LogP contribution in [0.4, 0.5) is 0 Å². The third-order valence-corrected chi connectivity index (χ3v) is 4.75. The van der Waals surface area contributed by atoms with Crippen molar-refractivity contribution in [1.29, 1.82) is 0 Å². The first kappa shape index (κ1) is 17.6. The van der Waals surface area contributed by atoms with Gasteiger partial charge in [-0.15, -0.1) is 0 Å². The molecule has 0 saturated carbocycles. The third kappa shape index (κ3) is 4.67. The van der Waals surface area contributed by atoms with Gasteiger partial charge in [0.25, 0.3) is 0 Å². The van der Waals surface area contributed by atoms with Gasteiger partial charge in [0, 0.05) is 39.2 Å². The van der Waals surface area contributed by atoms with Gasteiger partial charge >= 0.3 is 0 Å². The van der Waals surface area contributed by atoms with Crippen molar-refractivity contribution in [3.05, 3.63) is 29.7 Å². The highest BCUT2D eigenvalue weighted by Gasteiger charge is 2.28. The third-order valence-electron chi connectivity index (χ3n) is 4.75. The minimum absolute atomic E-state index is 0.166. The summed E-state index contributed by atoms with van der Waals surface area (Å²) in [7, 11) is 1.89. The number of hydrogen-bond acceptors (Lipinski definition) is 5. The molecule has 1 fully saturated rings. The van der Waals surface area contributed by atoms with Crippen LogP contribution in [0, 0.1) is 0 Å². The van der Waals surface area contributed by atoms with Gasteiger partial charge in [-0.1, -0.05) is 18.5 Å². The molecule has 0 aliphatic carbocycles. The zero-order valence-electron chi connectivity index (χ0n) is 15.1. The Morgan fingerprint density at radius 1 is 1.40 bits per heavy atom. The maximum atomic E-state index is 12.5. The summed E-state index contributed by atoms with van der Waals surface area (Å²) in [5.74, 6) is 1.84. The molecule has 0 N–H and O–H groups in total. The Morgan fingerprint density at radius 2 is 2.28 bits per heavy atom. The van der Waals surface area contributed by atoms with Gasteiger partial charge in [0.05, 0.1) is 12.1 Å². The molecule has 25 heavy (non-hydrogen) atoms. The fourth-order valence-corrected chi connectivity index (χ4v) is 3.29. The quantitative estimate of drug-likeness (QED) is 0.770. The molecule has 7 heteroatoms. The molecule has 7 nitrogen and oxygen atoms in total. The lowest BCUT2D eigenvalue weighted by molar-refractivity contribution is -0.132. The van der Waals surface area contributed by atoms with Gasteiger partial charge < -0.3 is 9.42 Å². The molecule has 0 bridgehead atoms. The lowest BCUT2D eigenvalue weighted by atomic mass is 9.97. The maximum Gasteiger partial charge on any atom is 0.231 e. The van der Waals surface area contributed by atoms with Gasteiger partial charge in [-0.2, -0.15) is 10.1 Å². The number of rotatable bonds is 7. The van der Waals surface area contributed by atoms with Gasteiger partial charge in [0.15, 0.2) is 5.82 Å². The summed E-state index contributed by atoms with van der Waals surface area (Å²) < 4.78 is 7.22. The topological polar surface area (TPSA) is 77.0 Å². The number of amides is 1. The van der Waals surface area contributed by atoms with Gasteiger partial charge in [-0.25, -0.2) is 0 Å². The molecule has 3 rings (SSSR count). The largest absolute Gasteiger partial charge is 0.342 e. The molecule has 0 aromatic carbocycles. The van der Waals surface area contributed by atoms with Gasteiger partial charge in [0.1, 0.15) is 0 Å². The monoisotopic (exact) mass is 345 g/mol. The van der Waals surface area contributed by atoms with Crippen LogP contribution in [-0.2, 0) is 24.7 Å². The van der Waals surface area contributed by atoms with Crippen molar-refractivity contribution in [3.8, 4) is 0 Å². The van der Waals surface area contributed by atoms with Crippen LogP contribution in [0.3, 0.4) is 0 Å². The molecule has 1 amide bonds. The average molecular weight is 345 g/mol. The zero-order valence-corrected chi connectivity index (χ0v) is 15.1. The Morgan fingerprint density at radius 3 is 3.04 bits per heavy atom. The van der Waals surface area contributed by atoms with Crippen molar-refractivity contribution in [3.63, 3.8) is 0 Å². The van der Waals surface area contributed by atoms with Crippen molar-refractivity contribution in [1.82, 2.24) is 24.8 Å². The first-order chi connectivity index (χ1) is 12.2. The van der Waals surface area contributed by atoms with E-state index in [2.05, 4.69) is 22.2 Å². The summed E-state index contributed by atoms with van der Waals surface area (Å²) in [6, 6.07) is 0. The van der Waals surface area contributed by atoms with Crippen LogP contribution in [0.25, 0.3) is 0 Å². The van der Waals surface area contributed by atoms with Crippen LogP contribution in [0.5, 0.6) is 0 Å². The SMILES string of the molecule is CCCCc1noc([C@H]2CCCN(C(=O)CCc3cnn(C)c3)C2)n1. The molecule has 2 aromatic rings. The summed E-state index contributed by atoms with van der Waals surface area (Å²) in [4.78, 5) is 19.0. The Balaban J connectivity index is 1.53. The van der Waals surface area contributed by atoms with Crippen LogP contribution < -0.4 is 0 Å². The molecule has 136 valence electrons. The minimum Gasteiger partial charge on any atom is -0.342 e. The van der Waals surface area contributed by atoms with Crippen LogP contribution in [0.2, 0.25) is 0 Å². The Kier molecular flexibility index (Phi) is 5.83. The predicted octanol–water partition coefficient (Wildman–Crippen LogP) is 2.48. The summed E-state index contributed by atoms with van der Waals surface area (Å²) >= 11 is 0. The molecule has 3 heterocycles. The number of carbonyl (C=O) groups excluding carboxylic acids is 1. The highest BCUT2D eigenvalue weighted by Crippen LogP contribution is 2.26. The first-order valence-electron chi connectivity index (χ1n) is 9.23. The molecule has 1 aliphatic heterocycles. The summed E-state index contributed by atoms with van der Waals surface area (Å²) in [5.41, 5.74) is 1.10. The second-order valence-electron chi connectivity index (χ2n) is 6.85. The van der Waals surface area contributed by atoms with E-state index in [-0.39, 0.29) is 11.8 Å². The summed E-state index contributed by atoms with van der Waals surface area (Å²) in [5, 5.41) is 8.22. The molecular weight excluding hydrogens is 318 g/mol. The second kappa shape index (κ2) is 8.27. The van der Waals surface area contributed by atoms with E-state index in [1.165, 1.54) is 0 Å². The van der Waals surface area contributed by atoms with E-state index < -0.39 is 0 Å². The van der Waals surface area contributed by atoms with E-state index >= 15 is 0 Å². The number of piperidine rings is 1. The van der Waals surface area contributed by atoms with Crippen molar-refractivity contribution < 1.29 is 9.32 Å². The molecule has 0 spiro atoms. The zero-order chi connectivity index (χ0) is 17.6. The van der Waals surface area contributed by atoms with Crippen molar-refractivity contribution in [2.45, 2.75) is 57.8 Å². The molecule has 1 aliphatic rings. The van der Waals surface area contributed by atoms with Crippen LogP contribution in [0.15, 0.2) is 16.9 Å². The van der Waals surface area contributed by atoms with Gasteiger partial charge in [-0.3, -0.25) is 9.48 Å². The number of likely N-dealkylation sites (tertiary alicyclic amines) is 1. The highest BCUT2D eigenvalue weighted by atomic mass is 16.5. The average Bonchev–Trinajstić information content (AvgIpc) is 3.27. The van der Waals surface area contributed by atoms with Crippen LogP contribution in [0.1, 0.15) is 62.2 Å². The van der Waals surface area contributed by atoms with Crippen LogP contribution >= 0.6 is 0 Å². The van der Waals surface area contributed by atoms with Gasteiger partial charge in [-0.05, 0) is 31.2 Å². The molecule has 0 unspecified atom stereocenters. The summed E-state index contributed by atoms with van der Waals surface area (Å²) in [6.07, 6.45) is 10.1. The van der Waals surface area contributed by atoms with Crippen molar-refractivity contribution in [2.24, 2.45) is 7.05 Å². The number of unbranched alkanes of at least 4 members (excludes halogenated alkanes) is 1. The number of aryl methyl sites for hydroxylation is 3. The lowest BCUT2D eigenvalue weighted by Crippen LogP contribution is -2.39. The van der Waals surface area contributed by atoms with E-state index in [4.69, 9.17) is 4.52 Å². The standard InChI is InChI=1S/C18H27N5O2/c1-3-4-7-16-20-18(25-21-16)15-6-5-10-23(13-15)17(24)9-8-14-11-19-22(2)12-14/h11-12,15H,3-10,13H2,1-2H3/t15-/m0/s1. The molecule has 2 aromatic heterocycles. The molecule has 1 saturated heterocycles. The maximum absolute atomic E-state index is 12.5. The van der Waals surface area contributed by atoms with E-state index in [0.29, 0.717) is 18.9 Å². The number of nitrogens with zero attached hydrogens (tertiary/aromatic N) is 5. The van der Waals surface area contributed by atoms with E-state index in [0.717, 1.165) is 56.5 Å². The number of hydrogen-bond donors (Lipinski definition) is 0. The minimum atomic E-state index is 0.166. The molecule has 1 atom stereocenters. The predicted molar refractivity (Wildman–Crippen MR) is 93.0 cm³/mol. The Hall–Kier alpha value is -2.18. The van der Waals surface area contributed by atoms with Crippen LogP contribution in [-0.4, -0.2) is 43.8 Å². The first-order valence-corrected chi connectivity index (χ1v) is 9.23. The van der Waals surface area contributed by atoms with E-state index in [1.807, 2.05) is 24.3 Å². The molecule has 0 radical (unpaired) electrons.